The van der Waals surface area contributed by atoms with E-state index in [4.69, 9.17) is 9.79 Å². The summed E-state index contributed by atoms with van der Waals surface area (Å²) in [6.45, 7) is 0. The van der Waals surface area contributed by atoms with Gasteiger partial charge in [-0.15, -0.1) is 11.8 Å². The van der Waals surface area contributed by atoms with Crippen LogP contribution in [0.15, 0.2) is 35.0 Å². The molecule has 0 heterocycles. The van der Waals surface area contributed by atoms with Crippen LogP contribution < -0.4 is 0 Å². The molecule has 0 saturated heterocycles. The molecule has 0 unspecified atom stereocenters. The van der Waals surface area contributed by atoms with Gasteiger partial charge in [0.25, 0.3) is 0 Å². The minimum Gasteiger partial charge on any atom is -0.507 e. The van der Waals surface area contributed by atoms with Crippen LogP contribution in [0.25, 0.3) is 0 Å². The van der Waals surface area contributed by atoms with Crippen LogP contribution in [-0.2, 0) is 4.57 Å². The summed E-state index contributed by atoms with van der Waals surface area (Å²) in [7, 11) is -4.09. The molecule has 1 rings (SSSR count). The van der Waals surface area contributed by atoms with E-state index in [0.29, 0.717) is 17.1 Å². The Bertz CT molecular complexity index is 458. The molecule has 0 radical (unpaired) electrons. The predicted octanol–water partition coefficient (Wildman–Crippen LogP) is 2.70. The largest absolute Gasteiger partial charge is 0.507 e. The third-order valence-electron chi connectivity index (χ3n) is 1.76. The van der Waals surface area contributed by atoms with Gasteiger partial charge >= 0.3 is 7.60 Å². The van der Waals surface area contributed by atoms with Crippen LogP contribution in [0.4, 0.5) is 4.39 Å². The zero-order valence-corrected chi connectivity index (χ0v) is 10.5. The highest BCUT2D eigenvalue weighted by atomic mass is 32.2. The van der Waals surface area contributed by atoms with Gasteiger partial charge in [-0.25, -0.2) is 4.39 Å². The number of aromatic hydroxyl groups is 1. The Kier molecular flexibility index (Phi) is 5.21. The van der Waals surface area contributed by atoms with Gasteiger partial charge in [0.2, 0.25) is 0 Å². The van der Waals surface area contributed by atoms with Crippen molar-refractivity contribution >= 4 is 19.4 Å². The lowest BCUT2D eigenvalue weighted by molar-refractivity contribution is 0.386. The molecule has 7 heteroatoms. The maximum absolute atomic E-state index is 12.8. The van der Waals surface area contributed by atoms with E-state index < -0.39 is 13.4 Å². The fourth-order valence-electron chi connectivity index (χ4n) is 1.05. The summed E-state index contributed by atoms with van der Waals surface area (Å²) < 4.78 is 23.3. The second-order valence-electron chi connectivity index (χ2n) is 3.22. The first-order chi connectivity index (χ1) is 7.88. The summed E-state index contributed by atoms with van der Waals surface area (Å²) in [5, 5.41) is 9.39. The molecule has 3 N–H and O–H groups in total. The molecule has 0 aromatic heterocycles. The van der Waals surface area contributed by atoms with E-state index in [0.717, 1.165) is 11.9 Å². The number of thioether (sulfide) groups is 1. The van der Waals surface area contributed by atoms with E-state index in [1.165, 1.54) is 30.0 Å². The number of halogens is 1. The highest BCUT2D eigenvalue weighted by molar-refractivity contribution is 7.99. The van der Waals surface area contributed by atoms with Gasteiger partial charge in [0.15, 0.2) is 0 Å². The lowest BCUT2D eigenvalue weighted by Gasteiger charge is -2.02. The Morgan fingerprint density at radius 1 is 1.41 bits per heavy atom. The van der Waals surface area contributed by atoms with Crippen molar-refractivity contribution in [3.05, 3.63) is 35.9 Å². The number of hydrogen-bond acceptors (Lipinski definition) is 3. The molecule has 1 aromatic rings. The zero-order chi connectivity index (χ0) is 12.9. The minimum atomic E-state index is -4.09. The van der Waals surface area contributed by atoms with Gasteiger partial charge in [-0.2, -0.15) is 0 Å². The Morgan fingerprint density at radius 3 is 2.76 bits per heavy atom. The second kappa shape index (κ2) is 6.21. The van der Waals surface area contributed by atoms with Gasteiger partial charge in [0.1, 0.15) is 11.6 Å². The first kappa shape index (κ1) is 14.3. The van der Waals surface area contributed by atoms with E-state index in [1.54, 1.807) is 0 Å². The molecule has 0 aliphatic carbocycles. The molecule has 1 aromatic carbocycles. The topological polar surface area (TPSA) is 77.8 Å². The predicted molar refractivity (Wildman–Crippen MR) is 64.6 cm³/mol. The molecule has 0 saturated carbocycles. The fraction of sp³-hybridized carbons (Fsp3) is 0.200. The Hall–Kier alpha value is -0.810. The lowest BCUT2D eigenvalue weighted by atomic mass is 10.3. The van der Waals surface area contributed by atoms with Crippen molar-refractivity contribution in [2.75, 3.05) is 5.75 Å². The Morgan fingerprint density at radius 2 is 2.12 bits per heavy atom. The van der Waals surface area contributed by atoms with Crippen LogP contribution in [0.3, 0.4) is 0 Å². The van der Waals surface area contributed by atoms with Crippen molar-refractivity contribution < 1.29 is 23.8 Å². The normalized spacial score (nSPS) is 12.2. The van der Waals surface area contributed by atoms with Crippen LogP contribution in [0, 0.1) is 5.82 Å². The lowest BCUT2D eigenvalue weighted by Crippen LogP contribution is -1.81. The smallest absolute Gasteiger partial charge is 0.348 e. The number of phenolic OH excluding ortho intramolecular Hbond substituents is 1. The van der Waals surface area contributed by atoms with Gasteiger partial charge in [-0.1, -0.05) is 6.08 Å². The van der Waals surface area contributed by atoms with Gasteiger partial charge in [0, 0.05) is 11.6 Å². The molecule has 0 aliphatic heterocycles. The average Bonchev–Trinajstić information content (AvgIpc) is 2.21. The standard InChI is InChI=1S/C10H12FO4PS/c11-8-3-4-9(12)10(7-8)17-6-2-1-5-16(13,14)15/h1,3-5,7,12H,2,6H2,(H2,13,14,15)/b5-1-. The first-order valence-corrected chi connectivity index (χ1v) is 7.39. The highest BCUT2D eigenvalue weighted by Gasteiger charge is 2.05. The number of phenols is 1. The molecular formula is C10H12FO4PS. The van der Waals surface area contributed by atoms with Crippen LogP contribution in [0.1, 0.15) is 6.42 Å². The molecule has 94 valence electrons. The molecule has 0 amide bonds. The van der Waals surface area contributed by atoms with Crippen molar-refractivity contribution in [3.8, 4) is 5.75 Å². The minimum absolute atomic E-state index is 0.00429. The van der Waals surface area contributed by atoms with E-state index >= 15 is 0 Å². The maximum atomic E-state index is 12.8. The number of allylic oxidation sites excluding steroid dienone is 1. The van der Waals surface area contributed by atoms with Crippen molar-refractivity contribution in [2.45, 2.75) is 11.3 Å². The zero-order valence-electron chi connectivity index (χ0n) is 8.78. The quantitative estimate of drug-likeness (QED) is 0.438. The molecule has 0 bridgehead atoms. The molecular weight excluding hydrogens is 266 g/mol. The molecule has 0 spiro atoms. The molecule has 0 aliphatic rings. The van der Waals surface area contributed by atoms with Gasteiger partial charge in [-0.3, -0.25) is 4.57 Å². The molecule has 4 nitrogen and oxygen atoms in total. The van der Waals surface area contributed by atoms with Crippen molar-refractivity contribution in [1.82, 2.24) is 0 Å². The number of hydrogen-bond donors (Lipinski definition) is 3. The van der Waals surface area contributed by atoms with E-state index in [1.807, 2.05) is 0 Å². The van der Waals surface area contributed by atoms with E-state index in [-0.39, 0.29) is 5.75 Å². The number of benzene rings is 1. The van der Waals surface area contributed by atoms with Gasteiger partial charge in [0.05, 0.1) is 4.90 Å². The summed E-state index contributed by atoms with van der Waals surface area (Å²) in [5.74, 6) is 0.887. The number of rotatable bonds is 5. The van der Waals surface area contributed by atoms with Crippen LogP contribution in [-0.4, -0.2) is 20.6 Å². The highest BCUT2D eigenvalue weighted by Crippen LogP contribution is 2.36. The van der Waals surface area contributed by atoms with Gasteiger partial charge < -0.3 is 14.9 Å². The van der Waals surface area contributed by atoms with E-state index in [2.05, 4.69) is 0 Å². The monoisotopic (exact) mass is 278 g/mol. The SMILES string of the molecule is O=P(O)(O)/C=C\CCSc1cc(F)ccc1O. The summed E-state index contributed by atoms with van der Waals surface area (Å²) >= 11 is 1.22. The summed E-state index contributed by atoms with van der Waals surface area (Å²) in [4.78, 5) is 17.5. The Balaban J connectivity index is 2.44. The van der Waals surface area contributed by atoms with Crippen molar-refractivity contribution in [2.24, 2.45) is 0 Å². The maximum Gasteiger partial charge on any atom is 0.348 e. The summed E-state index contributed by atoms with van der Waals surface area (Å²) in [5.41, 5.74) is 0. The van der Waals surface area contributed by atoms with Crippen LogP contribution >= 0.6 is 19.4 Å². The van der Waals surface area contributed by atoms with Crippen molar-refractivity contribution in [3.63, 3.8) is 0 Å². The first-order valence-electron chi connectivity index (χ1n) is 4.73. The molecule has 0 fully saturated rings. The second-order valence-corrected chi connectivity index (χ2v) is 5.84. The van der Waals surface area contributed by atoms with Crippen molar-refractivity contribution in [1.29, 1.82) is 0 Å². The van der Waals surface area contributed by atoms with Crippen LogP contribution in [0.5, 0.6) is 5.75 Å². The van der Waals surface area contributed by atoms with Gasteiger partial charge in [-0.05, 0) is 24.6 Å². The average molecular weight is 278 g/mol. The third-order valence-corrected chi connectivity index (χ3v) is 3.44. The Labute approximate surface area is 102 Å². The van der Waals surface area contributed by atoms with E-state index in [9.17, 15) is 14.1 Å². The third kappa shape index (κ3) is 5.89. The van der Waals surface area contributed by atoms with Crippen LogP contribution in [0.2, 0.25) is 0 Å². The molecule has 17 heavy (non-hydrogen) atoms. The fourth-order valence-corrected chi connectivity index (χ4v) is 2.36. The molecule has 0 atom stereocenters. The summed E-state index contributed by atoms with van der Waals surface area (Å²) in [6, 6.07) is 3.64. The summed E-state index contributed by atoms with van der Waals surface area (Å²) in [6.07, 6.45) is 1.79.